The first-order valence-electron chi connectivity index (χ1n) is 8.56. The number of ketones is 1. The number of pyridine rings is 2. The first-order valence-corrected chi connectivity index (χ1v) is 8.56. The second kappa shape index (κ2) is 9.35. The molecule has 156 valence electrons. The van der Waals surface area contributed by atoms with E-state index in [9.17, 15) is 22.8 Å². The van der Waals surface area contributed by atoms with Crippen LogP contribution in [-0.2, 0) is 17.8 Å². The first-order chi connectivity index (χ1) is 13.6. The van der Waals surface area contributed by atoms with Crippen LogP contribution in [-0.4, -0.2) is 41.6 Å². The van der Waals surface area contributed by atoms with Crippen LogP contribution in [0.2, 0.25) is 0 Å². The molecule has 2 aromatic heterocycles. The van der Waals surface area contributed by atoms with Crippen molar-refractivity contribution in [1.29, 1.82) is 0 Å². The maximum atomic E-state index is 12.5. The van der Waals surface area contributed by atoms with Gasteiger partial charge < -0.3 is 14.8 Å². The Kier molecular flexibility index (Phi) is 7.13. The molecule has 1 N–H and O–H groups in total. The van der Waals surface area contributed by atoms with Gasteiger partial charge >= 0.3 is 6.18 Å². The number of aryl methyl sites for hydroxylation is 1. The van der Waals surface area contributed by atoms with Gasteiger partial charge in [0.2, 0.25) is 11.8 Å². The van der Waals surface area contributed by atoms with Crippen molar-refractivity contribution in [2.75, 3.05) is 13.7 Å². The van der Waals surface area contributed by atoms with Gasteiger partial charge in [0.05, 0.1) is 7.11 Å². The van der Waals surface area contributed by atoms with E-state index in [-0.39, 0.29) is 30.5 Å². The van der Waals surface area contributed by atoms with Gasteiger partial charge in [0.25, 0.3) is 5.91 Å². The van der Waals surface area contributed by atoms with Crippen LogP contribution in [0.15, 0.2) is 24.3 Å². The highest BCUT2D eigenvalue weighted by molar-refractivity contribution is 5.94. The monoisotopic (exact) mass is 411 g/mol. The van der Waals surface area contributed by atoms with Crippen molar-refractivity contribution < 1.29 is 32.2 Å². The Morgan fingerprint density at radius 3 is 2.52 bits per heavy atom. The maximum Gasteiger partial charge on any atom is 0.422 e. The standard InChI is InChI=1S/C19H20F3N3O4/c1-11-6-14(8-15(24-11)7-12(2)26)17(27)23-9-13-4-5-16(25-18(13)28-3)29-10-19(20,21)22/h4-6,8H,7,9-10H2,1-3H3,(H,23,27). The lowest BCUT2D eigenvalue weighted by molar-refractivity contribution is -0.154. The smallest absolute Gasteiger partial charge is 0.422 e. The van der Waals surface area contributed by atoms with Gasteiger partial charge in [-0.2, -0.15) is 18.2 Å². The summed E-state index contributed by atoms with van der Waals surface area (Å²) in [5.74, 6) is -0.682. The predicted octanol–water partition coefficient (Wildman–Crippen LogP) is 2.80. The number of ether oxygens (including phenoxy) is 2. The molecule has 0 bridgehead atoms. The molecule has 0 unspecified atom stereocenters. The molecule has 0 aromatic carbocycles. The average Bonchev–Trinajstić information content (AvgIpc) is 2.63. The lowest BCUT2D eigenvalue weighted by Gasteiger charge is -2.12. The molecule has 0 saturated heterocycles. The molecular formula is C19H20F3N3O4. The Labute approximate surface area is 165 Å². The Morgan fingerprint density at radius 2 is 1.90 bits per heavy atom. The van der Waals surface area contributed by atoms with Crippen LogP contribution in [0.4, 0.5) is 13.2 Å². The van der Waals surface area contributed by atoms with Gasteiger partial charge in [-0.15, -0.1) is 0 Å². The van der Waals surface area contributed by atoms with E-state index in [0.717, 1.165) is 0 Å². The van der Waals surface area contributed by atoms with Crippen molar-refractivity contribution in [3.05, 3.63) is 46.8 Å². The summed E-state index contributed by atoms with van der Waals surface area (Å²) in [5.41, 5.74) is 1.88. The van der Waals surface area contributed by atoms with Crippen LogP contribution in [0.1, 0.15) is 34.2 Å². The Balaban J connectivity index is 2.08. The second-order valence-electron chi connectivity index (χ2n) is 6.27. The minimum atomic E-state index is -4.48. The summed E-state index contributed by atoms with van der Waals surface area (Å²) in [4.78, 5) is 31.8. The lowest BCUT2D eigenvalue weighted by atomic mass is 10.1. The number of methoxy groups -OCH3 is 1. The Morgan fingerprint density at radius 1 is 1.17 bits per heavy atom. The van der Waals surface area contributed by atoms with Gasteiger partial charge in [0, 0.05) is 41.5 Å². The number of aromatic nitrogens is 2. The van der Waals surface area contributed by atoms with Gasteiger partial charge in [-0.3, -0.25) is 14.6 Å². The van der Waals surface area contributed by atoms with Crippen molar-refractivity contribution in [3.63, 3.8) is 0 Å². The third kappa shape index (κ3) is 7.05. The predicted molar refractivity (Wildman–Crippen MR) is 96.9 cm³/mol. The SMILES string of the molecule is COc1nc(OCC(F)(F)F)ccc1CNC(=O)c1cc(C)nc(CC(C)=O)c1. The molecule has 0 spiro atoms. The number of Topliss-reactive ketones (excluding diaryl/α,β-unsaturated/α-hetero) is 1. The molecule has 0 fully saturated rings. The van der Waals surface area contributed by atoms with E-state index in [1.165, 1.54) is 32.2 Å². The van der Waals surface area contributed by atoms with Crippen LogP contribution in [0.3, 0.4) is 0 Å². The molecule has 29 heavy (non-hydrogen) atoms. The fraction of sp³-hybridized carbons (Fsp3) is 0.368. The number of nitrogens with one attached hydrogen (secondary N) is 1. The summed E-state index contributed by atoms with van der Waals surface area (Å²) < 4.78 is 46.4. The normalized spacial score (nSPS) is 11.1. The molecule has 0 aliphatic rings. The first kappa shape index (κ1) is 22.1. The molecule has 2 rings (SSSR count). The minimum absolute atomic E-state index is 0.0258. The quantitative estimate of drug-likeness (QED) is 0.719. The van der Waals surface area contributed by atoms with Crippen LogP contribution >= 0.6 is 0 Å². The van der Waals surface area contributed by atoms with Gasteiger partial charge in [-0.05, 0) is 32.0 Å². The van der Waals surface area contributed by atoms with Crippen molar-refractivity contribution in [2.45, 2.75) is 33.0 Å². The van der Waals surface area contributed by atoms with Gasteiger partial charge in [-0.1, -0.05) is 0 Å². The molecular weight excluding hydrogens is 391 g/mol. The molecule has 0 aliphatic heterocycles. The largest absolute Gasteiger partial charge is 0.481 e. The van der Waals surface area contributed by atoms with E-state index in [1.807, 2.05) is 0 Å². The summed E-state index contributed by atoms with van der Waals surface area (Å²) in [7, 11) is 1.31. The summed E-state index contributed by atoms with van der Waals surface area (Å²) in [6.07, 6.45) is -4.36. The van der Waals surface area contributed by atoms with Crippen LogP contribution in [0.25, 0.3) is 0 Å². The third-order valence-electron chi connectivity index (χ3n) is 3.63. The zero-order chi connectivity index (χ0) is 21.6. The van der Waals surface area contributed by atoms with E-state index in [2.05, 4.69) is 20.0 Å². The maximum absolute atomic E-state index is 12.5. The summed E-state index contributed by atoms with van der Waals surface area (Å²) in [6.45, 7) is 1.71. The fourth-order valence-corrected chi connectivity index (χ4v) is 2.49. The van der Waals surface area contributed by atoms with Crippen LogP contribution < -0.4 is 14.8 Å². The van der Waals surface area contributed by atoms with E-state index < -0.39 is 18.7 Å². The number of hydrogen-bond acceptors (Lipinski definition) is 6. The molecule has 0 atom stereocenters. The number of nitrogens with zero attached hydrogens (tertiary/aromatic N) is 2. The molecule has 0 radical (unpaired) electrons. The summed E-state index contributed by atoms with van der Waals surface area (Å²) in [6, 6.07) is 5.84. The summed E-state index contributed by atoms with van der Waals surface area (Å²) >= 11 is 0. The van der Waals surface area contributed by atoms with E-state index in [1.54, 1.807) is 13.0 Å². The highest BCUT2D eigenvalue weighted by Crippen LogP contribution is 2.22. The number of rotatable bonds is 8. The number of carbonyl (C=O) groups is 2. The molecule has 0 saturated carbocycles. The number of halogens is 3. The number of alkyl halides is 3. The molecule has 10 heteroatoms. The molecule has 2 heterocycles. The van der Waals surface area contributed by atoms with Crippen LogP contribution in [0.5, 0.6) is 11.8 Å². The zero-order valence-corrected chi connectivity index (χ0v) is 16.1. The average molecular weight is 411 g/mol. The van der Waals surface area contributed by atoms with Crippen molar-refractivity contribution >= 4 is 11.7 Å². The third-order valence-corrected chi connectivity index (χ3v) is 3.63. The van der Waals surface area contributed by atoms with E-state index in [4.69, 9.17) is 4.74 Å². The molecule has 7 nitrogen and oxygen atoms in total. The minimum Gasteiger partial charge on any atom is -0.481 e. The summed E-state index contributed by atoms with van der Waals surface area (Å²) in [5, 5.41) is 2.68. The zero-order valence-electron chi connectivity index (χ0n) is 16.1. The van der Waals surface area contributed by atoms with Gasteiger partial charge in [0.1, 0.15) is 5.78 Å². The van der Waals surface area contributed by atoms with Gasteiger partial charge in [0.15, 0.2) is 6.61 Å². The second-order valence-corrected chi connectivity index (χ2v) is 6.27. The van der Waals surface area contributed by atoms with Crippen molar-refractivity contribution in [2.24, 2.45) is 0 Å². The number of amides is 1. The van der Waals surface area contributed by atoms with Crippen LogP contribution in [0, 0.1) is 6.92 Å². The van der Waals surface area contributed by atoms with E-state index in [0.29, 0.717) is 22.5 Å². The molecule has 2 aromatic rings. The number of hydrogen-bond donors (Lipinski definition) is 1. The van der Waals surface area contributed by atoms with Crippen molar-refractivity contribution in [3.8, 4) is 11.8 Å². The molecule has 0 aliphatic carbocycles. The Hall–Kier alpha value is -3.17. The topological polar surface area (TPSA) is 90.4 Å². The van der Waals surface area contributed by atoms with Crippen molar-refractivity contribution in [1.82, 2.24) is 15.3 Å². The van der Waals surface area contributed by atoms with E-state index >= 15 is 0 Å². The number of carbonyl (C=O) groups excluding carboxylic acids is 2. The highest BCUT2D eigenvalue weighted by atomic mass is 19.4. The van der Waals surface area contributed by atoms with Gasteiger partial charge in [-0.25, -0.2) is 0 Å². The fourth-order valence-electron chi connectivity index (χ4n) is 2.49. The lowest BCUT2D eigenvalue weighted by Crippen LogP contribution is -2.24. The highest BCUT2D eigenvalue weighted by Gasteiger charge is 2.28. The Bertz CT molecular complexity index is 901. The molecule has 1 amide bonds.